The van der Waals surface area contributed by atoms with Crippen LogP contribution in [0.25, 0.3) is 0 Å². The summed E-state index contributed by atoms with van der Waals surface area (Å²) in [6, 6.07) is 4.78. The molecule has 6 heteroatoms. The van der Waals surface area contributed by atoms with Gasteiger partial charge >= 0.3 is 5.97 Å². The Kier molecular flexibility index (Phi) is 3.88. The Morgan fingerprint density at radius 3 is 2.91 bits per heavy atom. The summed E-state index contributed by atoms with van der Waals surface area (Å²) in [6.07, 6.45) is 1.00. The average Bonchev–Trinajstić information content (AvgIpc) is 2.94. The quantitative estimate of drug-likeness (QED) is 0.484. The van der Waals surface area contributed by atoms with Gasteiger partial charge in [0.2, 0.25) is 0 Å². The van der Waals surface area contributed by atoms with Crippen LogP contribution in [0.3, 0.4) is 0 Å². The zero-order valence-corrected chi connectivity index (χ0v) is 13.6. The van der Waals surface area contributed by atoms with Crippen LogP contribution in [0, 0.1) is 28.4 Å². The van der Waals surface area contributed by atoms with Gasteiger partial charge in [-0.3, -0.25) is 14.9 Å². The van der Waals surface area contributed by atoms with Gasteiger partial charge in [-0.05, 0) is 18.9 Å². The molecule has 1 aliphatic carbocycles. The van der Waals surface area contributed by atoms with Crippen LogP contribution in [0.5, 0.6) is 0 Å². The summed E-state index contributed by atoms with van der Waals surface area (Å²) in [5.74, 6) is -0.0582. The number of hydrogen-bond donors (Lipinski definition) is 0. The summed E-state index contributed by atoms with van der Waals surface area (Å²) in [6.45, 7) is 6.48. The van der Waals surface area contributed by atoms with Crippen LogP contribution in [-0.4, -0.2) is 29.7 Å². The molecule has 23 heavy (non-hydrogen) atoms. The monoisotopic (exact) mass is 319 g/mol. The SMILES string of the molecule is Cc1c(CC(=O)O[C@@H]2[C@@H]3CCO[C@H]3C2(C)C)cccc1[N+](=O)[O-]. The summed E-state index contributed by atoms with van der Waals surface area (Å²) >= 11 is 0. The molecule has 1 heterocycles. The number of carbonyl (C=O) groups excluding carboxylic acids is 1. The lowest BCUT2D eigenvalue weighted by Gasteiger charge is -2.53. The zero-order chi connectivity index (χ0) is 16.8. The van der Waals surface area contributed by atoms with Crippen molar-refractivity contribution < 1.29 is 19.2 Å². The van der Waals surface area contributed by atoms with Crippen LogP contribution in [0.4, 0.5) is 5.69 Å². The number of hydrogen-bond acceptors (Lipinski definition) is 5. The van der Waals surface area contributed by atoms with Crippen molar-refractivity contribution in [2.24, 2.45) is 11.3 Å². The molecular weight excluding hydrogens is 298 g/mol. The molecule has 1 aromatic carbocycles. The van der Waals surface area contributed by atoms with Crippen LogP contribution < -0.4 is 0 Å². The van der Waals surface area contributed by atoms with E-state index in [4.69, 9.17) is 9.47 Å². The highest BCUT2D eigenvalue weighted by Crippen LogP contribution is 2.53. The lowest BCUT2D eigenvalue weighted by Crippen LogP contribution is -2.61. The minimum atomic E-state index is -0.431. The first kappa shape index (κ1) is 15.9. The van der Waals surface area contributed by atoms with Crippen molar-refractivity contribution >= 4 is 11.7 Å². The van der Waals surface area contributed by atoms with Crippen LogP contribution in [0.15, 0.2) is 18.2 Å². The largest absolute Gasteiger partial charge is 0.461 e. The van der Waals surface area contributed by atoms with Gasteiger partial charge in [0.15, 0.2) is 0 Å². The molecule has 0 spiro atoms. The van der Waals surface area contributed by atoms with E-state index < -0.39 is 4.92 Å². The maximum atomic E-state index is 12.3. The second-order valence-electron chi connectivity index (χ2n) is 6.97. The smallest absolute Gasteiger partial charge is 0.310 e. The molecule has 0 radical (unpaired) electrons. The van der Waals surface area contributed by atoms with Gasteiger partial charge in [0.1, 0.15) is 6.10 Å². The number of benzene rings is 1. The highest BCUT2D eigenvalue weighted by molar-refractivity contribution is 5.74. The first-order valence-corrected chi connectivity index (χ1v) is 7.86. The summed E-state index contributed by atoms with van der Waals surface area (Å²) in [5.41, 5.74) is 1.02. The molecule has 3 rings (SSSR count). The second-order valence-corrected chi connectivity index (χ2v) is 6.97. The standard InChI is InChI=1S/C17H21NO5/c1-10-11(5-4-6-13(10)18(20)21)9-14(19)23-16-12-7-8-22-15(12)17(16,2)3/h4-6,12,15-16H,7-9H2,1-3H3/t12-,15-,16-/m1/s1. The molecule has 0 unspecified atom stereocenters. The molecule has 1 aliphatic heterocycles. The minimum Gasteiger partial charge on any atom is -0.461 e. The Balaban J connectivity index is 1.69. The molecule has 124 valence electrons. The number of nitro groups is 1. The molecule has 6 nitrogen and oxygen atoms in total. The van der Waals surface area contributed by atoms with Crippen molar-refractivity contribution in [3.8, 4) is 0 Å². The van der Waals surface area contributed by atoms with E-state index in [-0.39, 0.29) is 41.6 Å². The average molecular weight is 319 g/mol. The fraction of sp³-hybridized carbons (Fsp3) is 0.588. The molecule has 0 bridgehead atoms. The zero-order valence-electron chi connectivity index (χ0n) is 13.6. The number of fused-ring (bicyclic) bond motifs is 1. The first-order chi connectivity index (χ1) is 10.8. The topological polar surface area (TPSA) is 78.7 Å². The van der Waals surface area contributed by atoms with Gasteiger partial charge in [0, 0.05) is 29.6 Å². The Morgan fingerprint density at radius 1 is 1.48 bits per heavy atom. The van der Waals surface area contributed by atoms with E-state index in [0.29, 0.717) is 11.1 Å². The Hall–Kier alpha value is -1.95. The molecular formula is C17H21NO5. The molecule has 0 aromatic heterocycles. The van der Waals surface area contributed by atoms with Crippen LogP contribution in [0.1, 0.15) is 31.4 Å². The maximum absolute atomic E-state index is 12.3. The number of esters is 1. The lowest BCUT2D eigenvalue weighted by atomic mass is 9.59. The van der Waals surface area contributed by atoms with Crippen molar-refractivity contribution in [1.82, 2.24) is 0 Å². The molecule has 1 aromatic rings. The van der Waals surface area contributed by atoms with Crippen molar-refractivity contribution in [3.05, 3.63) is 39.4 Å². The van der Waals surface area contributed by atoms with Gasteiger partial charge in [0.25, 0.3) is 5.69 Å². The van der Waals surface area contributed by atoms with E-state index in [2.05, 4.69) is 13.8 Å². The van der Waals surface area contributed by atoms with Crippen molar-refractivity contribution in [2.75, 3.05) is 6.61 Å². The van der Waals surface area contributed by atoms with E-state index in [0.717, 1.165) is 13.0 Å². The van der Waals surface area contributed by atoms with Gasteiger partial charge in [0.05, 0.1) is 17.4 Å². The van der Waals surface area contributed by atoms with Crippen LogP contribution >= 0.6 is 0 Å². The summed E-state index contributed by atoms with van der Waals surface area (Å²) in [7, 11) is 0. The number of carbonyl (C=O) groups is 1. The van der Waals surface area contributed by atoms with Crippen molar-refractivity contribution in [3.63, 3.8) is 0 Å². The number of nitro benzene ring substituents is 1. The molecule has 0 amide bonds. The van der Waals surface area contributed by atoms with Crippen molar-refractivity contribution in [2.45, 2.75) is 45.8 Å². The predicted molar refractivity (Wildman–Crippen MR) is 83.0 cm³/mol. The number of ether oxygens (including phenoxy) is 2. The van der Waals surface area contributed by atoms with E-state index in [9.17, 15) is 14.9 Å². The van der Waals surface area contributed by atoms with E-state index in [1.807, 2.05) is 0 Å². The third-order valence-corrected chi connectivity index (χ3v) is 5.20. The molecule has 0 N–H and O–H groups in total. The highest BCUT2D eigenvalue weighted by atomic mass is 16.6. The lowest BCUT2D eigenvalue weighted by molar-refractivity contribution is -0.385. The first-order valence-electron chi connectivity index (χ1n) is 7.86. The van der Waals surface area contributed by atoms with Gasteiger partial charge in [-0.1, -0.05) is 26.0 Å². The maximum Gasteiger partial charge on any atom is 0.310 e. The molecule has 2 fully saturated rings. The summed E-state index contributed by atoms with van der Waals surface area (Å²) in [4.78, 5) is 22.8. The van der Waals surface area contributed by atoms with Gasteiger partial charge < -0.3 is 9.47 Å². The van der Waals surface area contributed by atoms with Gasteiger partial charge in [-0.2, -0.15) is 0 Å². The molecule has 2 aliphatic rings. The van der Waals surface area contributed by atoms with E-state index >= 15 is 0 Å². The van der Waals surface area contributed by atoms with Crippen LogP contribution in [0.2, 0.25) is 0 Å². The third-order valence-electron chi connectivity index (χ3n) is 5.20. The molecule has 1 saturated carbocycles. The Bertz CT molecular complexity index is 654. The normalized spacial score (nSPS) is 27.9. The second kappa shape index (κ2) is 5.60. The fourth-order valence-electron chi connectivity index (χ4n) is 3.92. The van der Waals surface area contributed by atoms with Crippen molar-refractivity contribution in [1.29, 1.82) is 0 Å². The third kappa shape index (κ3) is 2.61. The minimum absolute atomic E-state index is 0.0310. The Morgan fingerprint density at radius 2 is 2.22 bits per heavy atom. The predicted octanol–water partition coefficient (Wildman–Crippen LogP) is 2.80. The summed E-state index contributed by atoms with van der Waals surface area (Å²) in [5, 5.41) is 11.0. The van der Waals surface area contributed by atoms with Gasteiger partial charge in [-0.25, -0.2) is 0 Å². The number of rotatable bonds is 4. The fourth-order valence-corrected chi connectivity index (χ4v) is 3.92. The summed E-state index contributed by atoms with van der Waals surface area (Å²) < 4.78 is 11.4. The van der Waals surface area contributed by atoms with Gasteiger partial charge in [-0.15, -0.1) is 0 Å². The molecule has 3 atom stereocenters. The number of nitrogens with zero attached hydrogens (tertiary/aromatic N) is 1. The van der Waals surface area contributed by atoms with E-state index in [1.165, 1.54) is 6.07 Å². The Labute approximate surface area is 134 Å². The molecule has 1 saturated heterocycles. The van der Waals surface area contributed by atoms with E-state index in [1.54, 1.807) is 19.1 Å². The van der Waals surface area contributed by atoms with Crippen LogP contribution in [-0.2, 0) is 20.7 Å². The highest BCUT2D eigenvalue weighted by Gasteiger charge is 2.61.